The van der Waals surface area contributed by atoms with E-state index in [9.17, 15) is 18.4 Å². The van der Waals surface area contributed by atoms with Gasteiger partial charge in [-0.05, 0) is 20.8 Å². The molecule has 1 atom stereocenters. The van der Waals surface area contributed by atoms with Gasteiger partial charge < -0.3 is 9.47 Å². The Bertz CT molecular complexity index is 410. The number of likely N-dealkylation sites (tertiary alicyclic amines) is 1. The molecule has 1 amide bonds. The molecule has 0 aromatic heterocycles. The van der Waals surface area contributed by atoms with Crippen LogP contribution in [0, 0.1) is 0 Å². The molecule has 7 heteroatoms. The van der Waals surface area contributed by atoms with Crippen LogP contribution >= 0.6 is 0 Å². The zero-order chi connectivity index (χ0) is 14.8. The molecule has 0 unspecified atom stereocenters. The van der Waals surface area contributed by atoms with E-state index >= 15 is 0 Å². The van der Waals surface area contributed by atoms with Gasteiger partial charge in [0.15, 0.2) is 0 Å². The van der Waals surface area contributed by atoms with Gasteiger partial charge in [0, 0.05) is 12.0 Å². The first-order valence-electron chi connectivity index (χ1n) is 5.76. The summed E-state index contributed by atoms with van der Waals surface area (Å²) < 4.78 is 34.8. The number of halogens is 2. The fourth-order valence-corrected chi connectivity index (χ4v) is 1.72. The molecule has 0 aliphatic carbocycles. The Balaban J connectivity index is 2.92. The fourth-order valence-electron chi connectivity index (χ4n) is 1.72. The Morgan fingerprint density at radius 1 is 1.32 bits per heavy atom. The second-order valence-corrected chi connectivity index (χ2v) is 5.22. The van der Waals surface area contributed by atoms with Crippen molar-refractivity contribution in [3.8, 4) is 0 Å². The zero-order valence-corrected chi connectivity index (χ0v) is 11.3. The summed E-state index contributed by atoms with van der Waals surface area (Å²) in [5.74, 6) is -0.734. The lowest BCUT2D eigenvalue weighted by Crippen LogP contribution is -2.43. The second-order valence-electron chi connectivity index (χ2n) is 5.22. The maximum absolute atomic E-state index is 12.6. The summed E-state index contributed by atoms with van der Waals surface area (Å²) in [6.07, 6.45) is -2.91. The lowest BCUT2D eigenvalue weighted by atomic mass is 10.2. The number of carbonyl (C=O) groups is 2. The molecule has 1 fully saturated rings. The maximum Gasteiger partial charge on any atom is 0.411 e. The van der Waals surface area contributed by atoms with Crippen molar-refractivity contribution in [3.05, 3.63) is 11.7 Å². The van der Waals surface area contributed by atoms with Gasteiger partial charge in [0.1, 0.15) is 11.6 Å². The van der Waals surface area contributed by atoms with Crippen molar-refractivity contribution in [2.75, 3.05) is 13.7 Å². The van der Waals surface area contributed by atoms with Gasteiger partial charge in [0.2, 0.25) is 0 Å². The quantitative estimate of drug-likeness (QED) is 0.690. The Labute approximate surface area is 110 Å². The number of ether oxygens (including phenoxy) is 2. The van der Waals surface area contributed by atoms with E-state index in [1.807, 2.05) is 0 Å². The molecule has 1 rings (SSSR count). The molecule has 1 heterocycles. The fraction of sp³-hybridized carbons (Fsp3) is 0.667. The van der Waals surface area contributed by atoms with E-state index in [-0.39, 0.29) is 18.5 Å². The van der Waals surface area contributed by atoms with Crippen LogP contribution in [0.4, 0.5) is 13.6 Å². The monoisotopic (exact) mass is 277 g/mol. The summed E-state index contributed by atoms with van der Waals surface area (Å²) in [6, 6.07) is -1.06. The molecule has 0 aromatic rings. The smallest absolute Gasteiger partial charge is 0.411 e. The highest BCUT2D eigenvalue weighted by atomic mass is 19.3. The van der Waals surface area contributed by atoms with Crippen LogP contribution in [0.1, 0.15) is 27.2 Å². The summed E-state index contributed by atoms with van der Waals surface area (Å²) in [5, 5.41) is 0. The average molecular weight is 277 g/mol. The largest absolute Gasteiger partial charge is 0.467 e. The first-order chi connectivity index (χ1) is 8.65. The minimum atomic E-state index is -1.88. The van der Waals surface area contributed by atoms with Gasteiger partial charge in [0.05, 0.1) is 13.7 Å². The van der Waals surface area contributed by atoms with Gasteiger partial charge >= 0.3 is 12.1 Å². The third-order valence-electron chi connectivity index (χ3n) is 2.55. The molecule has 0 radical (unpaired) electrons. The molecule has 0 bridgehead atoms. The van der Waals surface area contributed by atoms with E-state index in [0.29, 0.717) is 0 Å². The molecule has 0 aromatic carbocycles. The second kappa shape index (κ2) is 5.54. The summed E-state index contributed by atoms with van der Waals surface area (Å²) in [7, 11) is 1.14. The molecule has 1 aliphatic heterocycles. The molecule has 0 N–H and O–H groups in total. The van der Waals surface area contributed by atoms with Crippen molar-refractivity contribution >= 4 is 12.1 Å². The van der Waals surface area contributed by atoms with E-state index in [1.54, 1.807) is 20.8 Å². The van der Waals surface area contributed by atoms with Gasteiger partial charge in [-0.3, -0.25) is 4.90 Å². The lowest BCUT2D eigenvalue weighted by Gasteiger charge is -2.27. The normalized spacial score (nSPS) is 19.4. The number of carbonyl (C=O) groups excluding carboxylic acids is 2. The van der Waals surface area contributed by atoms with Crippen molar-refractivity contribution in [1.82, 2.24) is 4.90 Å². The SMILES string of the molecule is COC(=O)[C@@H]1CC(=C(F)F)CN1C(=O)OC(C)(C)C. The van der Waals surface area contributed by atoms with Crippen LogP contribution in [0.25, 0.3) is 0 Å². The summed E-state index contributed by atoms with van der Waals surface area (Å²) >= 11 is 0. The average Bonchev–Trinajstić information content (AvgIpc) is 2.70. The van der Waals surface area contributed by atoms with Crippen molar-refractivity contribution in [1.29, 1.82) is 0 Å². The number of rotatable bonds is 1. The van der Waals surface area contributed by atoms with E-state index in [0.717, 1.165) is 12.0 Å². The van der Waals surface area contributed by atoms with Gasteiger partial charge in [-0.15, -0.1) is 0 Å². The van der Waals surface area contributed by atoms with Crippen LogP contribution in [0.15, 0.2) is 11.7 Å². The number of nitrogens with zero attached hydrogens (tertiary/aromatic N) is 1. The highest BCUT2D eigenvalue weighted by Gasteiger charge is 2.41. The topological polar surface area (TPSA) is 55.8 Å². The van der Waals surface area contributed by atoms with Crippen LogP contribution < -0.4 is 0 Å². The van der Waals surface area contributed by atoms with Crippen LogP contribution in [-0.4, -0.2) is 42.3 Å². The van der Waals surface area contributed by atoms with E-state index in [2.05, 4.69) is 4.74 Å². The minimum absolute atomic E-state index is 0.228. The van der Waals surface area contributed by atoms with Gasteiger partial charge in [0.25, 0.3) is 6.08 Å². The third kappa shape index (κ3) is 3.90. The van der Waals surface area contributed by atoms with E-state index < -0.39 is 29.8 Å². The Kier molecular flexibility index (Phi) is 4.49. The van der Waals surface area contributed by atoms with Crippen molar-refractivity contribution in [3.63, 3.8) is 0 Å². The number of hydrogen-bond acceptors (Lipinski definition) is 4. The molecule has 1 saturated heterocycles. The Hall–Kier alpha value is -1.66. The highest BCUT2D eigenvalue weighted by Crippen LogP contribution is 2.28. The molecule has 0 saturated carbocycles. The number of esters is 1. The van der Waals surface area contributed by atoms with Crippen LogP contribution in [-0.2, 0) is 14.3 Å². The zero-order valence-electron chi connectivity index (χ0n) is 11.3. The predicted molar refractivity (Wildman–Crippen MR) is 62.6 cm³/mol. The van der Waals surface area contributed by atoms with Crippen molar-refractivity contribution in [2.24, 2.45) is 0 Å². The molecule has 1 aliphatic rings. The van der Waals surface area contributed by atoms with Crippen molar-refractivity contribution in [2.45, 2.75) is 38.8 Å². The molecule has 108 valence electrons. The van der Waals surface area contributed by atoms with Gasteiger partial charge in [-0.2, -0.15) is 8.78 Å². The van der Waals surface area contributed by atoms with E-state index in [1.165, 1.54) is 0 Å². The Morgan fingerprint density at radius 2 is 1.89 bits per heavy atom. The first-order valence-corrected chi connectivity index (χ1v) is 5.76. The number of methoxy groups -OCH3 is 1. The van der Waals surface area contributed by atoms with Crippen LogP contribution in [0.2, 0.25) is 0 Å². The first kappa shape index (κ1) is 15.4. The highest BCUT2D eigenvalue weighted by molar-refractivity contribution is 5.83. The molecular formula is C12H17F2NO4. The van der Waals surface area contributed by atoms with Crippen LogP contribution in [0.5, 0.6) is 0 Å². The molecular weight excluding hydrogens is 260 g/mol. The van der Waals surface area contributed by atoms with Gasteiger partial charge in [-0.1, -0.05) is 0 Å². The molecule has 5 nitrogen and oxygen atoms in total. The van der Waals surface area contributed by atoms with Crippen LogP contribution in [0.3, 0.4) is 0 Å². The van der Waals surface area contributed by atoms with E-state index in [4.69, 9.17) is 4.74 Å². The molecule has 0 spiro atoms. The lowest BCUT2D eigenvalue weighted by molar-refractivity contribution is -0.145. The third-order valence-corrected chi connectivity index (χ3v) is 2.55. The standard InChI is InChI=1S/C12H17F2NO4/c1-12(2,3)19-11(17)15-6-7(9(13)14)5-8(15)10(16)18-4/h8H,5-6H2,1-4H3/t8-/m0/s1. The summed E-state index contributed by atoms with van der Waals surface area (Å²) in [5.41, 5.74) is -1.01. The predicted octanol–water partition coefficient (Wildman–Crippen LogP) is 2.32. The maximum atomic E-state index is 12.6. The van der Waals surface area contributed by atoms with Crippen molar-refractivity contribution < 1.29 is 27.8 Å². The Morgan fingerprint density at radius 3 is 2.32 bits per heavy atom. The van der Waals surface area contributed by atoms with Gasteiger partial charge in [-0.25, -0.2) is 9.59 Å². The summed E-state index contributed by atoms with van der Waals surface area (Å²) in [6.45, 7) is 4.64. The number of hydrogen-bond donors (Lipinski definition) is 0. The minimum Gasteiger partial charge on any atom is -0.467 e. The molecule has 19 heavy (non-hydrogen) atoms. The number of amides is 1. The summed E-state index contributed by atoms with van der Waals surface area (Å²) in [4.78, 5) is 24.4.